The summed E-state index contributed by atoms with van der Waals surface area (Å²) in [5, 5.41) is 12.7. The number of nitrogens with one attached hydrogen (secondary N) is 1. The van der Waals surface area contributed by atoms with Crippen LogP contribution in [0, 0.1) is 0 Å². The fourth-order valence-corrected chi connectivity index (χ4v) is 4.25. The van der Waals surface area contributed by atoms with Crippen LogP contribution in [0.25, 0.3) is 0 Å². The van der Waals surface area contributed by atoms with Crippen LogP contribution in [0.3, 0.4) is 0 Å². The zero-order valence-electron chi connectivity index (χ0n) is 11.9. The molecule has 0 aromatic carbocycles. The lowest BCUT2D eigenvalue weighted by Gasteiger charge is -2.35. The molecule has 2 fully saturated rings. The molecule has 0 aromatic heterocycles. The summed E-state index contributed by atoms with van der Waals surface area (Å²) < 4.78 is 24.8. The Morgan fingerprint density at radius 3 is 2.45 bits per heavy atom. The average molecular weight is 304 g/mol. The minimum Gasteiger partial charge on any atom is -0.391 e. The Morgan fingerprint density at radius 2 is 1.80 bits per heavy atom. The van der Waals surface area contributed by atoms with Gasteiger partial charge in [0.05, 0.1) is 18.4 Å². The largest absolute Gasteiger partial charge is 0.391 e. The molecular weight excluding hydrogens is 280 g/mol. The van der Waals surface area contributed by atoms with Crippen LogP contribution in [0.5, 0.6) is 0 Å². The third-order valence-corrected chi connectivity index (χ3v) is 5.53. The Morgan fingerprint density at radius 1 is 1.15 bits per heavy atom. The van der Waals surface area contributed by atoms with Crippen LogP contribution >= 0.6 is 0 Å². The van der Waals surface area contributed by atoms with Crippen LogP contribution < -0.4 is 5.32 Å². The molecule has 1 amide bonds. The molecule has 1 heterocycles. The van der Waals surface area contributed by atoms with Crippen molar-refractivity contribution in [3.8, 4) is 0 Å². The van der Waals surface area contributed by atoms with E-state index in [1.807, 2.05) is 0 Å². The van der Waals surface area contributed by atoms with Gasteiger partial charge >= 0.3 is 0 Å². The number of hydrogen-bond donors (Lipinski definition) is 2. The zero-order valence-corrected chi connectivity index (χ0v) is 12.7. The Kier molecular flexibility index (Phi) is 5.04. The molecule has 7 heteroatoms. The molecule has 20 heavy (non-hydrogen) atoms. The number of nitrogens with zero attached hydrogens (tertiary/aromatic N) is 1. The van der Waals surface area contributed by atoms with Crippen molar-refractivity contribution in [1.82, 2.24) is 9.62 Å². The molecule has 1 aliphatic carbocycles. The highest BCUT2D eigenvalue weighted by atomic mass is 32.2. The third-order valence-electron chi connectivity index (χ3n) is 4.24. The molecule has 2 aliphatic rings. The summed E-state index contributed by atoms with van der Waals surface area (Å²) in [5.41, 5.74) is 0. The number of aliphatic hydroxyl groups excluding tert-OH is 1. The summed E-state index contributed by atoms with van der Waals surface area (Å²) in [5.74, 6) is -0.263. The van der Waals surface area contributed by atoms with E-state index in [2.05, 4.69) is 5.32 Å². The molecule has 0 radical (unpaired) electrons. The quantitative estimate of drug-likeness (QED) is 0.781. The van der Waals surface area contributed by atoms with Gasteiger partial charge in [-0.1, -0.05) is 19.3 Å². The van der Waals surface area contributed by atoms with Gasteiger partial charge < -0.3 is 10.4 Å². The molecule has 0 aromatic rings. The predicted octanol–water partition coefficient (Wildman–Crippen LogP) is 0.220. The summed E-state index contributed by atoms with van der Waals surface area (Å²) in [4.78, 5) is 12.3. The standard InChI is InChI=1S/C13H24N2O4S/c1-20(18,19)15-9-5-4-7-11(15)13(17)14-10-6-2-3-8-12(10)16/h10-12,16H,2-9H2,1H3,(H,14,17). The Labute approximate surface area is 120 Å². The first-order valence-electron chi connectivity index (χ1n) is 7.35. The van der Waals surface area contributed by atoms with Gasteiger partial charge in [0.1, 0.15) is 6.04 Å². The summed E-state index contributed by atoms with van der Waals surface area (Å²) >= 11 is 0. The lowest BCUT2D eigenvalue weighted by molar-refractivity contribution is -0.127. The molecule has 116 valence electrons. The van der Waals surface area contributed by atoms with E-state index < -0.39 is 22.2 Å². The van der Waals surface area contributed by atoms with E-state index >= 15 is 0 Å². The Hall–Kier alpha value is -0.660. The van der Waals surface area contributed by atoms with Crippen molar-refractivity contribution in [3.05, 3.63) is 0 Å². The van der Waals surface area contributed by atoms with Gasteiger partial charge in [0.2, 0.25) is 15.9 Å². The van der Waals surface area contributed by atoms with Crippen LogP contribution in [0.1, 0.15) is 44.9 Å². The zero-order chi connectivity index (χ0) is 14.8. The molecule has 3 atom stereocenters. The smallest absolute Gasteiger partial charge is 0.238 e. The van der Waals surface area contributed by atoms with E-state index in [1.54, 1.807) is 0 Å². The predicted molar refractivity (Wildman–Crippen MR) is 75.6 cm³/mol. The van der Waals surface area contributed by atoms with Crippen molar-refractivity contribution in [1.29, 1.82) is 0 Å². The molecule has 1 saturated carbocycles. The van der Waals surface area contributed by atoms with E-state index in [4.69, 9.17) is 0 Å². The summed E-state index contributed by atoms with van der Waals surface area (Å²) in [6, 6.07) is -0.854. The number of carbonyl (C=O) groups is 1. The van der Waals surface area contributed by atoms with Crippen LogP contribution in [-0.2, 0) is 14.8 Å². The van der Waals surface area contributed by atoms with E-state index in [9.17, 15) is 18.3 Å². The van der Waals surface area contributed by atoms with E-state index in [0.717, 1.165) is 38.4 Å². The topological polar surface area (TPSA) is 86.7 Å². The maximum absolute atomic E-state index is 12.3. The van der Waals surface area contributed by atoms with Crippen molar-refractivity contribution in [2.24, 2.45) is 0 Å². The molecule has 0 spiro atoms. The number of aliphatic hydroxyl groups is 1. The first-order chi connectivity index (χ1) is 9.39. The molecule has 3 unspecified atom stereocenters. The highest BCUT2D eigenvalue weighted by molar-refractivity contribution is 7.88. The van der Waals surface area contributed by atoms with Gasteiger partial charge in [-0.25, -0.2) is 8.42 Å². The van der Waals surface area contributed by atoms with Gasteiger partial charge in [0, 0.05) is 6.54 Å². The number of piperidine rings is 1. The van der Waals surface area contributed by atoms with E-state index in [0.29, 0.717) is 19.4 Å². The molecule has 1 saturated heterocycles. The summed E-state index contributed by atoms with van der Waals surface area (Å²) in [6.07, 6.45) is 6.28. The summed E-state index contributed by atoms with van der Waals surface area (Å²) in [7, 11) is -3.36. The van der Waals surface area contributed by atoms with Crippen molar-refractivity contribution >= 4 is 15.9 Å². The summed E-state index contributed by atoms with van der Waals surface area (Å²) in [6.45, 7) is 0.407. The Bertz CT molecular complexity index is 451. The van der Waals surface area contributed by atoms with Crippen LogP contribution in [0.4, 0.5) is 0 Å². The normalized spacial score (nSPS) is 32.8. The van der Waals surface area contributed by atoms with E-state index in [1.165, 1.54) is 4.31 Å². The van der Waals surface area contributed by atoms with Gasteiger partial charge in [-0.05, 0) is 25.7 Å². The number of carbonyl (C=O) groups excluding carboxylic acids is 1. The minimum absolute atomic E-state index is 0.236. The van der Waals surface area contributed by atoms with Crippen LogP contribution in [-0.4, -0.2) is 54.7 Å². The van der Waals surface area contributed by atoms with Gasteiger partial charge in [0.15, 0.2) is 0 Å². The van der Waals surface area contributed by atoms with Gasteiger partial charge in [-0.15, -0.1) is 0 Å². The van der Waals surface area contributed by atoms with Gasteiger partial charge in [-0.2, -0.15) is 4.31 Å². The molecular formula is C13H24N2O4S. The lowest BCUT2D eigenvalue weighted by atomic mass is 9.92. The van der Waals surface area contributed by atoms with Gasteiger partial charge in [-0.3, -0.25) is 4.79 Å². The first kappa shape index (κ1) is 15.7. The van der Waals surface area contributed by atoms with Crippen molar-refractivity contribution < 1.29 is 18.3 Å². The maximum atomic E-state index is 12.3. The van der Waals surface area contributed by atoms with Crippen molar-refractivity contribution in [2.75, 3.05) is 12.8 Å². The number of amides is 1. The van der Waals surface area contributed by atoms with E-state index in [-0.39, 0.29) is 11.9 Å². The molecule has 1 aliphatic heterocycles. The maximum Gasteiger partial charge on any atom is 0.238 e. The second kappa shape index (κ2) is 6.41. The van der Waals surface area contributed by atoms with Crippen molar-refractivity contribution in [3.63, 3.8) is 0 Å². The SMILES string of the molecule is CS(=O)(=O)N1CCCCC1C(=O)NC1CCCCC1O. The molecule has 0 bridgehead atoms. The van der Waals surface area contributed by atoms with Gasteiger partial charge in [0.25, 0.3) is 0 Å². The Balaban J connectivity index is 2.02. The third kappa shape index (κ3) is 3.71. The number of hydrogen-bond acceptors (Lipinski definition) is 4. The fourth-order valence-electron chi connectivity index (χ4n) is 3.12. The second-order valence-corrected chi connectivity index (χ2v) is 7.79. The van der Waals surface area contributed by atoms with Crippen LogP contribution in [0.2, 0.25) is 0 Å². The minimum atomic E-state index is -3.36. The monoisotopic (exact) mass is 304 g/mol. The number of rotatable bonds is 3. The van der Waals surface area contributed by atoms with Crippen LogP contribution in [0.15, 0.2) is 0 Å². The highest BCUT2D eigenvalue weighted by Crippen LogP contribution is 2.22. The number of sulfonamides is 1. The van der Waals surface area contributed by atoms with Crippen molar-refractivity contribution in [2.45, 2.75) is 63.1 Å². The first-order valence-corrected chi connectivity index (χ1v) is 9.19. The highest BCUT2D eigenvalue weighted by Gasteiger charge is 2.36. The lowest BCUT2D eigenvalue weighted by Crippen LogP contribution is -2.55. The molecule has 6 nitrogen and oxygen atoms in total. The fraction of sp³-hybridized carbons (Fsp3) is 0.923. The average Bonchev–Trinajstić information content (AvgIpc) is 2.40. The molecule has 2 N–H and O–H groups in total. The molecule has 2 rings (SSSR count). The second-order valence-electron chi connectivity index (χ2n) is 5.85.